The molecule has 1 fully saturated rings. The molecule has 1 amide bonds. The molecule has 168 valence electrons. The van der Waals surface area contributed by atoms with Crippen molar-refractivity contribution in [2.24, 2.45) is 15.9 Å². The van der Waals surface area contributed by atoms with E-state index < -0.39 is 5.92 Å². The summed E-state index contributed by atoms with van der Waals surface area (Å²) in [4.78, 5) is 34.2. The smallest absolute Gasteiger partial charge is 0.316 e. The second-order valence-electron chi connectivity index (χ2n) is 7.10. The van der Waals surface area contributed by atoms with Gasteiger partial charge in [0.2, 0.25) is 5.91 Å². The van der Waals surface area contributed by atoms with Crippen LogP contribution < -0.4 is 5.32 Å². The van der Waals surface area contributed by atoms with Gasteiger partial charge in [-0.25, -0.2) is 4.99 Å². The molecule has 0 aromatic heterocycles. The van der Waals surface area contributed by atoms with E-state index in [-0.39, 0.29) is 30.3 Å². The third-order valence-electron chi connectivity index (χ3n) is 4.76. The number of benzene rings is 1. The number of morpholine rings is 1. The van der Waals surface area contributed by atoms with Gasteiger partial charge in [0, 0.05) is 32.4 Å². The van der Waals surface area contributed by atoms with E-state index in [1.54, 1.807) is 6.07 Å². The lowest BCUT2D eigenvalue weighted by molar-refractivity contribution is -0.142. The summed E-state index contributed by atoms with van der Waals surface area (Å²) in [6, 6.07) is 5.63. The number of hydrogen-bond donors (Lipinski definition) is 1. The highest BCUT2D eigenvalue weighted by atomic mass is 35.5. The van der Waals surface area contributed by atoms with Crippen molar-refractivity contribution < 1.29 is 19.1 Å². The number of esters is 1. The minimum atomic E-state index is -0.460. The lowest BCUT2D eigenvalue weighted by Gasteiger charge is -2.33. The Kier molecular flexibility index (Phi) is 9.15. The number of rotatable bonds is 7. The highest BCUT2D eigenvalue weighted by molar-refractivity contribution is 8.14. The van der Waals surface area contributed by atoms with Crippen LogP contribution in [0.2, 0.25) is 10.0 Å². The Labute approximate surface area is 195 Å². The maximum atomic E-state index is 12.2. The first-order valence-corrected chi connectivity index (χ1v) is 11.5. The molecule has 0 bridgehead atoms. The molecule has 2 aliphatic heterocycles. The van der Waals surface area contributed by atoms with Gasteiger partial charge >= 0.3 is 5.97 Å². The number of halogens is 2. The molecule has 8 nitrogen and oxygen atoms in total. The number of carbonyl (C=O) groups is 2. The van der Waals surface area contributed by atoms with Crippen molar-refractivity contribution in [2.75, 3.05) is 45.6 Å². The van der Waals surface area contributed by atoms with Crippen molar-refractivity contribution in [1.82, 2.24) is 10.2 Å². The second-order valence-corrected chi connectivity index (χ2v) is 8.86. The summed E-state index contributed by atoms with van der Waals surface area (Å²) in [6.45, 7) is 3.57. The second kappa shape index (κ2) is 11.8. The quantitative estimate of drug-likeness (QED) is 0.594. The predicted octanol–water partition coefficient (Wildman–Crippen LogP) is 2.27. The van der Waals surface area contributed by atoms with E-state index in [1.807, 2.05) is 12.1 Å². The van der Waals surface area contributed by atoms with Gasteiger partial charge in [-0.1, -0.05) is 41.0 Å². The topological polar surface area (TPSA) is 92.6 Å². The predicted molar refractivity (Wildman–Crippen MR) is 123 cm³/mol. The van der Waals surface area contributed by atoms with Crippen LogP contribution in [-0.2, 0) is 25.6 Å². The Balaban J connectivity index is 1.37. The minimum Gasteiger partial charge on any atom is -0.468 e. The van der Waals surface area contributed by atoms with Gasteiger partial charge in [0.25, 0.3) is 0 Å². The zero-order valence-corrected chi connectivity index (χ0v) is 19.4. The maximum absolute atomic E-state index is 12.2. The Morgan fingerprint density at radius 1 is 1.35 bits per heavy atom. The van der Waals surface area contributed by atoms with Crippen LogP contribution in [0.15, 0.2) is 28.2 Å². The van der Waals surface area contributed by atoms with Crippen molar-refractivity contribution in [1.29, 1.82) is 0 Å². The molecule has 0 spiro atoms. The van der Waals surface area contributed by atoms with Crippen molar-refractivity contribution >= 4 is 58.2 Å². The summed E-state index contributed by atoms with van der Waals surface area (Å²) >= 11 is 13.3. The number of aliphatic imine (C=N–C) groups is 2. The van der Waals surface area contributed by atoms with Gasteiger partial charge in [0.1, 0.15) is 5.92 Å². The van der Waals surface area contributed by atoms with Crippen molar-refractivity contribution in [3.8, 4) is 0 Å². The van der Waals surface area contributed by atoms with Crippen LogP contribution in [0.3, 0.4) is 0 Å². The average molecular weight is 487 g/mol. The lowest BCUT2D eigenvalue weighted by Crippen LogP contribution is -2.47. The number of ether oxygens (including phenoxy) is 2. The summed E-state index contributed by atoms with van der Waals surface area (Å²) in [5.41, 5.74) is 1.08. The lowest BCUT2D eigenvalue weighted by atomic mass is 10.1. The largest absolute Gasteiger partial charge is 0.468 e. The van der Waals surface area contributed by atoms with Crippen LogP contribution in [0.4, 0.5) is 0 Å². The standard InChI is InChI=1S/C20H24Cl2N4O4S/c1-29-19(28)14-7-24-20(25-8-14)31-12-18(27)23-9-15-11-26(4-5-30-15)10-13-2-3-16(21)17(22)6-13/h2-3,6-7,14-15H,4-5,8-12H2,1H3,(H,23,27)/t14?,15-/m0/s1. The number of amides is 1. The van der Waals surface area contributed by atoms with Crippen LogP contribution >= 0.6 is 35.0 Å². The van der Waals surface area contributed by atoms with Gasteiger partial charge in [0.15, 0.2) is 5.17 Å². The average Bonchev–Trinajstić information content (AvgIpc) is 2.79. The van der Waals surface area contributed by atoms with Gasteiger partial charge in [-0.15, -0.1) is 0 Å². The Hall–Kier alpha value is -1.65. The Morgan fingerprint density at radius 2 is 2.19 bits per heavy atom. The van der Waals surface area contributed by atoms with E-state index in [1.165, 1.54) is 25.1 Å². The van der Waals surface area contributed by atoms with Gasteiger partial charge < -0.3 is 14.8 Å². The third-order valence-corrected chi connectivity index (χ3v) is 6.40. The summed E-state index contributed by atoms with van der Waals surface area (Å²) in [7, 11) is 1.33. The number of methoxy groups -OCH3 is 1. The molecule has 2 aliphatic rings. The summed E-state index contributed by atoms with van der Waals surface area (Å²) in [5, 5.41) is 4.47. The fraction of sp³-hybridized carbons (Fsp3) is 0.500. The number of nitrogens with one attached hydrogen (secondary N) is 1. The van der Waals surface area contributed by atoms with Gasteiger partial charge in [-0.3, -0.25) is 19.5 Å². The molecule has 0 aliphatic carbocycles. The molecule has 1 saturated heterocycles. The molecular formula is C20H24Cl2N4O4S. The SMILES string of the molecule is COC(=O)C1C=NC(SCC(=O)NC[C@H]2CN(Cc3ccc(Cl)c(Cl)c3)CCO2)=NC1. The fourth-order valence-electron chi connectivity index (χ4n) is 3.14. The molecule has 0 radical (unpaired) electrons. The molecule has 1 aromatic carbocycles. The molecule has 1 unspecified atom stereocenters. The number of hydrogen-bond acceptors (Lipinski definition) is 8. The first-order chi connectivity index (χ1) is 14.9. The van der Waals surface area contributed by atoms with Crippen molar-refractivity contribution in [2.45, 2.75) is 12.6 Å². The van der Waals surface area contributed by atoms with Crippen LogP contribution in [0, 0.1) is 5.92 Å². The fourth-order valence-corrected chi connectivity index (χ4v) is 4.12. The number of nitrogens with zero attached hydrogens (tertiary/aromatic N) is 3. The molecule has 0 saturated carbocycles. The summed E-state index contributed by atoms with van der Waals surface area (Å²) in [6.07, 6.45) is 1.42. The normalized spacial score (nSPS) is 21.5. The van der Waals surface area contributed by atoms with E-state index in [9.17, 15) is 9.59 Å². The van der Waals surface area contributed by atoms with E-state index in [0.717, 1.165) is 18.7 Å². The monoisotopic (exact) mass is 486 g/mol. The van der Waals surface area contributed by atoms with E-state index >= 15 is 0 Å². The van der Waals surface area contributed by atoms with Crippen LogP contribution in [0.1, 0.15) is 5.56 Å². The van der Waals surface area contributed by atoms with Crippen LogP contribution in [0.5, 0.6) is 0 Å². The van der Waals surface area contributed by atoms with E-state index in [4.69, 9.17) is 27.9 Å². The first kappa shape index (κ1) is 24.0. The molecule has 3 rings (SSSR count). The van der Waals surface area contributed by atoms with Gasteiger partial charge in [-0.05, 0) is 17.7 Å². The molecule has 1 aromatic rings. The highest BCUT2D eigenvalue weighted by Gasteiger charge is 2.22. The maximum Gasteiger partial charge on any atom is 0.316 e. The van der Waals surface area contributed by atoms with E-state index in [0.29, 0.717) is 34.9 Å². The number of thioether (sulfide) groups is 1. The zero-order valence-electron chi connectivity index (χ0n) is 17.1. The number of carbonyl (C=O) groups excluding carboxylic acids is 2. The number of amidine groups is 1. The van der Waals surface area contributed by atoms with Crippen LogP contribution in [0.25, 0.3) is 0 Å². The Bertz CT molecular complexity index is 868. The molecule has 2 atom stereocenters. The highest BCUT2D eigenvalue weighted by Crippen LogP contribution is 2.23. The molecule has 31 heavy (non-hydrogen) atoms. The van der Waals surface area contributed by atoms with Crippen LogP contribution in [-0.4, -0.2) is 79.9 Å². The molecule has 2 heterocycles. The summed E-state index contributed by atoms with van der Waals surface area (Å²) in [5.74, 6) is -0.754. The summed E-state index contributed by atoms with van der Waals surface area (Å²) < 4.78 is 10.4. The minimum absolute atomic E-state index is 0.0867. The van der Waals surface area contributed by atoms with Gasteiger partial charge in [0.05, 0.1) is 42.2 Å². The molecular weight excluding hydrogens is 463 g/mol. The van der Waals surface area contributed by atoms with Crippen molar-refractivity contribution in [3.05, 3.63) is 33.8 Å². The first-order valence-electron chi connectivity index (χ1n) is 9.78. The zero-order chi connectivity index (χ0) is 22.2. The van der Waals surface area contributed by atoms with E-state index in [2.05, 4.69) is 24.9 Å². The Morgan fingerprint density at radius 3 is 2.90 bits per heavy atom. The van der Waals surface area contributed by atoms with Crippen molar-refractivity contribution in [3.63, 3.8) is 0 Å². The molecule has 11 heteroatoms. The third kappa shape index (κ3) is 7.47. The van der Waals surface area contributed by atoms with Gasteiger partial charge in [-0.2, -0.15) is 0 Å². The molecule has 1 N–H and O–H groups in total.